The number of piperazine rings is 1. The van der Waals surface area contributed by atoms with Gasteiger partial charge in [0, 0.05) is 42.7 Å². The lowest BCUT2D eigenvalue weighted by atomic mass is 9.90. The Kier molecular flexibility index (Phi) is 9.41. The fourth-order valence-corrected chi connectivity index (χ4v) is 6.02. The molecular formula is C27H36ClIN4O2. The van der Waals surface area contributed by atoms with Gasteiger partial charge in [0.15, 0.2) is 0 Å². The van der Waals surface area contributed by atoms with Gasteiger partial charge in [-0.1, -0.05) is 58.5 Å². The molecule has 2 N–H and O–H groups in total. The molecule has 2 fully saturated rings. The van der Waals surface area contributed by atoms with Crippen LogP contribution in [0.25, 0.3) is 0 Å². The van der Waals surface area contributed by atoms with Crippen LogP contribution in [0.4, 0.5) is 16.2 Å². The Morgan fingerprint density at radius 1 is 1.06 bits per heavy atom. The third kappa shape index (κ3) is 6.95. The average Bonchev–Trinajstić information content (AvgIpc) is 2.86. The zero-order valence-corrected chi connectivity index (χ0v) is 23.5. The van der Waals surface area contributed by atoms with E-state index >= 15 is 0 Å². The Morgan fingerprint density at radius 2 is 1.77 bits per heavy atom. The minimum Gasteiger partial charge on any atom is -0.489 e. The summed E-state index contributed by atoms with van der Waals surface area (Å²) in [6.45, 7) is 8.28. The van der Waals surface area contributed by atoms with Gasteiger partial charge in [-0.05, 0) is 63.3 Å². The van der Waals surface area contributed by atoms with Crippen LogP contribution in [0.3, 0.4) is 0 Å². The van der Waals surface area contributed by atoms with Crippen LogP contribution in [-0.4, -0.2) is 55.3 Å². The zero-order valence-electron chi connectivity index (χ0n) is 20.6. The summed E-state index contributed by atoms with van der Waals surface area (Å²) in [5.41, 5.74) is 2.95. The standard InChI is InChI=1S/C27H36ClIN4O2/c1-19(2)35-25-9-4-3-8-24(25)33-16-14-32(15-17-33)22-12-10-21(11-13-22)30-27(34)31-26-20(18-29)6-5-7-23(26)28/h3-9,19,21-22H,10-18H2,1-2H3,(H2,30,31,34)/t21-,22+. The van der Waals surface area contributed by atoms with Crippen molar-refractivity contribution in [3.05, 3.63) is 53.1 Å². The Morgan fingerprint density at radius 3 is 2.46 bits per heavy atom. The molecule has 0 bridgehead atoms. The molecule has 8 heteroatoms. The van der Waals surface area contributed by atoms with Crippen molar-refractivity contribution in [2.24, 2.45) is 0 Å². The van der Waals surface area contributed by atoms with Gasteiger partial charge in [-0.15, -0.1) is 0 Å². The van der Waals surface area contributed by atoms with Gasteiger partial charge in [0.25, 0.3) is 0 Å². The van der Waals surface area contributed by atoms with E-state index in [0.29, 0.717) is 16.8 Å². The molecule has 0 atom stereocenters. The molecule has 6 nitrogen and oxygen atoms in total. The Bertz CT molecular complexity index is 989. The van der Waals surface area contributed by atoms with Gasteiger partial charge in [0.05, 0.1) is 22.5 Å². The molecule has 35 heavy (non-hydrogen) atoms. The first-order valence-electron chi connectivity index (χ1n) is 12.6. The van der Waals surface area contributed by atoms with E-state index in [9.17, 15) is 4.79 Å². The summed E-state index contributed by atoms with van der Waals surface area (Å²) in [5.74, 6) is 0.975. The first-order chi connectivity index (χ1) is 16.9. The summed E-state index contributed by atoms with van der Waals surface area (Å²) in [5, 5.41) is 6.72. The summed E-state index contributed by atoms with van der Waals surface area (Å²) in [7, 11) is 0. The van der Waals surface area contributed by atoms with E-state index in [0.717, 1.165) is 67.6 Å². The molecule has 2 aromatic rings. The molecule has 2 amide bonds. The third-order valence-corrected chi connectivity index (χ3v) is 8.05. The molecule has 1 aliphatic heterocycles. The number of rotatable bonds is 7. The lowest BCUT2D eigenvalue weighted by molar-refractivity contribution is 0.137. The van der Waals surface area contributed by atoms with E-state index in [2.05, 4.69) is 75.1 Å². The number of carbonyl (C=O) groups excluding carboxylic acids is 1. The molecule has 0 radical (unpaired) electrons. The lowest BCUT2D eigenvalue weighted by Crippen LogP contribution is -2.52. The third-order valence-electron chi connectivity index (χ3n) is 6.91. The molecule has 190 valence electrons. The number of halogens is 2. The minimum absolute atomic E-state index is 0.163. The summed E-state index contributed by atoms with van der Waals surface area (Å²) in [6, 6.07) is 14.7. The first-order valence-corrected chi connectivity index (χ1v) is 14.5. The van der Waals surface area contributed by atoms with Gasteiger partial charge < -0.3 is 20.3 Å². The van der Waals surface area contributed by atoms with Crippen molar-refractivity contribution >= 4 is 51.6 Å². The fraction of sp³-hybridized carbons (Fsp3) is 0.519. The highest BCUT2D eigenvalue weighted by atomic mass is 127. The van der Waals surface area contributed by atoms with Crippen molar-refractivity contribution < 1.29 is 9.53 Å². The first kappa shape index (κ1) is 26.4. The monoisotopic (exact) mass is 610 g/mol. The topological polar surface area (TPSA) is 56.8 Å². The number of nitrogens with zero attached hydrogens (tertiary/aromatic N) is 2. The van der Waals surface area contributed by atoms with Crippen LogP contribution in [0.15, 0.2) is 42.5 Å². The van der Waals surface area contributed by atoms with Gasteiger partial charge in [0.2, 0.25) is 0 Å². The molecule has 1 saturated carbocycles. The number of ether oxygens (including phenoxy) is 1. The number of para-hydroxylation sites is 3. The summed E-state index contributed by atoms with van der Waals surface area (Å²) in [6.07, 6.45) is 4.41. The average molecular weight is 611 g/mol. The van der Waals surface area contributed by atoms with E-state index in [-0.39, 0.29) is 18.2 Å². The van der Waals surface area contributed by atoms with Crippen molar-refractivity contribution in [2.45, 2.75) is 62.1 Å². The van der Waals surface area contributed by atoms with Crippen molar-refractivity contribution in [1.82, 2.24) is 10.2 Å². The van der Waals surface area contributed by atoms with Gasteiger partial charge in [-0.2, -0.15) is 0 Å². The smallest absolute Gasteiger partial charge is 0.319 e. The normalized spacial score (nSPS) is 21.1. The molecule has 2 aliphatic rings. The number of amides is 2. The van der Waals surface area contributed by atoms with Crippen LogP contribution in [0.2, 0.25) is 5.02 Å². The Labute approximate surface area is 227 Å². The van der Waals surface area contributed by atoms with Crippen molar-refractivity contribution in [1.29, 1.82) is 0 Å². The maximum atomic E-state index is 12.6. The number of benzene rings is 2. The van der Waals surface area contributed by atoms with Crippen LogP contribution in [0.1, 0.15) is 45.1 Å². The number of nitrogens with one attached hydrogen (secondary N) is 2. The van der Waals surface area contributed by atoms with E-state index in [1.54, 1.807) is 0 Å². The van der Waals surface area contributed by atoms with Gasteiger partial charge in [-0.25, -0.2) is 4.79 Å². The van der Waals surface area contributed by atoms with Crippen LogP contribution in [0.5, 0.6) is 5.75 Å². The zero-order chi connectivity index (χ0) is 24.8. The number of hydrogen-bond acceptors (Lipinski definition) is 4. The van der Waals surface area contributed by atoms with E-state index in [1.165, 1.54) is 5.69 Å². The molecule has 2 aromatic carbocycles. The summed E-state index contributed by atoms with van der Waals surface area (Å²) >= 11 is 8.61. The van der Waals surface area contributed by atoms with Gasteiger partial charge in [-0.3, -0.25) is 4.90 Å². The fourth-order valence-electron chi connectivity index (χ4n) is 5.14. The molecule has 0 spiro atoms. The summed E-state index contributed by atoms with van der Waals surface area (Å²) < 4.78 is 6.83. The largest absolute Gasteiger partial charge is 0.489 e. The van der Waals surface area contributed by atoms with Crippen LogP contribution in [0, 0.1) is 0 Å². The molecule has 0 aromatic heterocycles. The highest BCUT2D eigenvalue weighted by Gasteiger charge is 2.29. The predicted octanol–water partition coefficient (Wildman–Crippen LogP) is 6.32. The maximum absolute atomic E-state index is 12.6. The van der Waals surface area contributed by atoms with Crippen LogP contribution < -0.4 is 20.3 Å². The SMILES string of the molecule is CC(C)Oc1ccccc1N1CCN([C@H]2CC[C@@H](NC(=O)Nc3c(Cl)cccc3CI)CC2)CC1. The molecule has 1 heterocycles. The number of anilines is 2. The van der Waals surface area contributed by atoms with Crippen LogP contribution in [-0.2, 0) is 4.43 Å². The molecule has 1 saturated heterocycles. The minimum atomic E-state index is -0.163. The second-order valence-corrected chi connectivity index (χ2v) is 10.8. The van der Waals surface area contributed by atoms with Crippen molar-refractivity contribution in [3.8, 4) is 5.75 Å². The maximum Gasteiger partial charge on any atom is 0.319 e. The second-order valence-electron chi connectivity index (χ2n) is 9.67. The predicted molar refractivity (Wildman–Crippen MR) is 153 cm³/mol. The van der Waals surface area contributed by atoms with E-state index < -0.39 is 0 Å². The molecule has 1 aliphatic carbocycles. The van der Waals surface area contributed by atoms with Gasteiger partial charge in [0.1, 0.15) is 5.75 Å². The number of hydrogen-bond donors (Lipinski definition) is 2. The Balaban J connectivity index is 1.24. The number of urea groups is 1. The number of carbonyl (C=O) groups is 1. The molecule has 4 rings (SSSR count). The highest BCUT2D eigenvalue weighted by molar-refractivity contribution is 14.1. The lowest BCUT2D eigenvalue weighted by Gasteiger charge is -2.43. The number of alkyl halides is 1. The van der Waals surface area contributed by atoms with Crippen molar-refractivity contribution in [3.63, 3.8) is 0 Å². The van der Waals surface area contributed by atoms with E-state index in [1.807, 2.05) is 24.3 Å². The highest BCUT2D eigenvalue weighted by Crippen LogP contribution is 2.32. The van der Waals surface area contributed by atoms with Gasteiger partial charge >= 0.3 is 6.03 Å². The van der Waals surface area contributed by atoms with E-state index in [4.69, 9.17) is 16.3 Å². The quantitative estimate of drug-likeness (QED) is 0.285. The van der Waals surface area contributed by atoms with Crippen LogP contribution >= 0.6 is 34.2 Å². The Hall–Kier alpha value is -1.71. The summed E-state index contributed by atoms with van der Waals surface area (Å²) in [4.78, 5) is 17.7. The molecule has 0 unspecified atom stereocenters. The second kappa shape index (κ2) is 12.5. The molecular weight excluding hydrogens is 575 g/mol. The van der Waals surface area contributed by atoms with Crippen molar-refractivity contribution in [2.75, 3.05) is 36.4 Å².